The van der Waals surface area contributed by atoms with E-state index in [0.717, 1.165) is 4.90 Å². The molecule has 0 aromatic heterocycles. The third-order valence-electron chi connectivity index (χ3n) is 3.07. The molecule has 0 fully saturated rings. The molecule has 1 amide bonds. The van der Waals surface area contributed by atoms with Gasteiger partial charge in [-0.25, -0.2) is 0 Å². The fourth-order valence-corrected chi connectivity index (χ4v) is 2.97. The van der Waals surface area contributed by atoms with Crippen LogP contribution in [0.25, 0.3) is 0 Å². The molecule has 0 saturated heterocycles. The highest BCUT2D eigenvalue weighted by Crippen LogP contribution is 2.30. The Labute approximate surface area is 139 Å². The predicted octanol–water partition coefficient (Wildman–Crippen LogP) is 4.66. The molecular formula is C17H16ClNO2S. The lowest BCUT2D eigenvalue weighted by molar-refractivity contribution is -0.115. The van der Waals surface area contributed by atoms with Gasteiger partial charge in [-0.1, -0.05) is 23.7 Å². The number of ketones is 1. The summed E-state index contributed by atoms with van der Waals surface area (Å²) in [6, 6.07) is 14.3. The molecule has 0 aliphatic carbocycles. The van der Waals surface area contributed by atoms with Crippen LogP contribution in [0.3, 0.4) is 0 Å². The van der Waals surface area contributed by atoms with Crippen LogP contribution >= 0.6 is 23.4 Å². The lowest BCUT2D eigenvalue weighted by Gasteiger charge is -2.13. The molecule has 2 aromatic carbocycles. The van der Waals surface area contributed by atoms with Crippen LogP contribution in [0.2, 0.25) is 5.02 Å². The van der Waals surface area contributed by atoms with Gasteiger partial charge in [0, 0.05) is 16.1 Å². The largest absolute Gasteiger partial charge is 0.325 e. The van der Waals surface area contributed by atoms with Gasteiger partial charge < -0.3 is 5.32 Å². The molecule has 1 N–H and O–H groups in total. The van der Waals surface area contributed by atoms with Gasteiger partial charge in [0.25, 0.3) is 0 Å². The highest BCUT2D eigenvalue weighted by Gasteiger charge is 2.16. The Morgan fingerprint density at radius 3 is 2.32 bits per heavy atom. The monoisotopic (exact) mass is 333 g/mol. The molecule has 0 aliphatic rings. The maximum atomic E-state index is 12.2. The first-order chi connectivity index (χ1) is 10.5. The van der Waals surface area contributed by atoms with E-state index in [0.29, 0.717) is 16.3 Å². The number of Topliss-reactive ketones (excluding diaryl/α,β-unsaturated/α-hetero) is 1. The van der Waals surface area contributed by atoms with Crippen LogP contribution in [0.4, 0.5) is 5.69 Å². The van der Waals surface area contributed by atoms with Crippen LogP contribution in [0.1, 0.15) is 24.2 Å². The molecule has 1 unspecified atom stereocenters. The number of carbonyl (C=O) groups is 2. The zero-order chi connectivity index (χ0) is 16.1. The summed E-state index contributed by atoms with van der Waals surface area (Å²) in [6.45, 7) is 3.34. The van der Waals surface area contributed by atoms with Crippen molar-refractivity contribution in [3.05, 3.63) is 59.1 Å². The van der Waals surface area contributed by atoms with Crippen LogP contribution < -0.4 is 5.32 Å². The number of carbonyl (C=O) groups excluding carboxylic acids is 2. The summed E-state index contributed by atoms with van der Waals surface area (Å²) >= 11 is 7.50. The van der Waals surface area contributed by atoms with Crippen molar-refractivity contribution in [1.29, 1.82) is 0 Å². The van der Waals surface area contributed by atoms with Crippen molar-refractivity contribution in [1.82, 2.24) is 0 Å². The number of amides is 1. The lowest BCUT2D eigenvalue weighted by atomic mass is 10.1. The summed E-state index contributed by atoms with van der Waals surface area (Å²) in [5.74, 6) is -0.110. The van der Waals surface area contributed by atoms with Crippen LogP contribution in [0.15, 0.2) is 53.4 Å². The van der Waals surface area contributed by atoms with Crippen molar-refractivity contribution < 1.29 is 9.59 Å². The van der Waals surface area contributed by atoms with Gasteiger partial charge in [-0.2, -0.15) is 0 Å². The van der Waals surface area contributed by atoms with Crippen molar-refractivity contribution in [3.8, 4) is 0 Å². The second-order valence-electron chi connectivity index (χ2n) is 4.81. The Bertz CT molecular complexity index is 685. The molecule has 2 rings (SSSR count). The summed E-state index contributed by atoms with van der Waals surface area (Å²) in [6.07, 6.45) is 0. The van der Waals surface area contributed by atoms with Crippen LogP contribution in [-0.2, 0) is 4.79 Å². The van der Waals surface area contributed by atoms with E-state index in [4.69, 9.17) is 11.6 Å². The molecule has 2 aromatic rings. The average Bonchev–Trinajstić information content (AvgIpc) is 2.50. The maximum Gasteiger partial charge on any atom is 0.237 e. The predicted molar refractivity (Wildman–Crippen MR) is 91.8 cm³/mol. The lowest BCUT2D eigenvalue weighted by Crippen LogP contribution is -2.22. The minimum atomic E-state index is -0.285. The summed E-state index contributed by atoms with van der Waals surface area (Å²) in [7, 11) is 0. The second kappa shape index (κ2) is 7.47. The van der Waals surface area contributed by atoms with E-state index in [-0.39, 0.29) is 16.9 Å². The molecule has 0 heterocycles. The van der Waals surface area contributed by atoms with E-state index in [1.807, 2.05) is 25.1 Å². The highest BCUT2D eigenvalue weighted by molar-refractivity contribution is 8.00. The fourth-order valence-electron chi connectivity index (χ4n) is 1.82. The molecule has 22 heavy (non-hydrogen) atoms. The third kappa shape index (κ3) is 4.36. The summed E-state index contributed by atoms with van der Waals surface area (Å²) in [5.41, 5.74) is 1.29. The molecule has 0 saturated carbocycles. The zero-order valence-electron chi connectivity index (χ0n) is 12.3. The van der Waals surface area contributed by atoms with Gasteiger partial charge in [0.2, 0.25) is 5.91 Å². The maximum absolute atomic E-state index is 12.2. The number of halogens is 1. The number of nitrogens with one attached hydrogen (secondary N) is 1. The van der Waals surface area contributed by atoms with E-state index in [1.165, 1.54) is 18.7 Å². The van der Waals surface area contributed by atoms with E-state index >= 15 is 0 Å². The van der Waals surface area contributed by atoms with Crippen molar-refractivity contribution in [2.24, 2.45) is 0 Å². The smallest absolute Gasteiger partial charge is 0.237 e. The van der Waals surface area contributed by atoms with Crippen molar-refractivity contribution in [3.63, 3.8) is 0 Å². The molecule has 5 heteroatoms. The summed E-state index contributed by atoms with van der Waals surface area (Å²) < 4.78 is 0. The fraction of sp³-hybridized carbons (Fsp3) is 0.176. The molecular weight excluding hydrogens is 318 g/mol. The van der Waals surface area contributed by atoms with Gasteiger partial charge in [0.05, 0.1) is 10.3 Å². The molecule has 0 radical (unpaired) electrons. The normalized spacial score (nSPS) is 11.8. The van der Waals surface area contributed by atoms with Gasteiger partial charge in [-0.15, -0.1) is 11.8 Å². The number of hydrogen-bond donors (Lipinski definition) is 1. The molecule has 1 atom stereocenters. The SMILES string of the molecule is CC(=O)c1ccc(NC(=O)C(C)Sc2ccccc2Cl)cc1. The van der Waals surface area contributed by atoms with E-state index in [2.05, 4.69) is 5.32 Å². The first-order valence-corrected chi connectivity index (χ1v) is 8.06. The average molecular weight is 334 g/mol. The topological polar surface area (TPSA) is 46.2 Å². The van der Waals surface area contributed by atoms with Gasteiger partial charge in [0.1, 0.15) is 0 Å². The Hall–Kier alpha value is -1.78. The number of thioether (sulfide) groups is 1. The van der Waals surface area contributed by atoms with Crippen LogP contribution in [-0.4, -0.2) is 16.9 Å². The molecule has 0 spiro atoms. The Kier molecular flexibility index (Phi) is 5.63. The zero-order valence-corrected chi connectivity index (χ0v) is 13.9. The van der Waals surface area contributed by atoms with Crippen LogP contribution in [0.5, 0.6) is 0 Å². The van der Waals surface area contributed by atoms with Crippen molar-refractivity contribution >= 4 is 40.7 Å². The van der Waals surface area contributed by atoms with E-state index in [1.54, 1.807) is 30.3 Å². The van der Waals surface area contributed by atoms with Crippen molar-refractivity contribution in [2.45, 2.75) is 24.0 Å². The molecule has 114 valence electrons. The first-order valence-electron chi connectivity index (χ1n) is 6.80. The highest BCUT2D eigenvalue weighted by atomic mass is 35.5. The van der Waals surface area contributed by atoms with Crippen molar-refractivity contribution in [2.75, 3.05) is 5.32 Å². The standard InChI is InChI=1S/C17H16ClNO2S/c1-11(20)13-7-9-14(10-8-13)19-17(21)12(2)22-16-6-4-3-5-15(16)18/h3-10,12H,1-2H3,(H,19,21). The minimum absolute atomic E-state index is 0.000481. The Morgan fingerprint density at radius 2 is 1.73 bits per heavy atom. The number of anilines is 1. The number of rotatable bonds is 5. The number of hydrogen-bond acceptors (Lipinski definition) is 3. The molecule has 3 nitrogen and oxygen atoms in total. The Balaban J connectivity index is 1.99. The Morgan fingerprint density at radius 1 is 1.09 bits per heavy atom. The second-order valence-corrected chi connectivity index (χ2v) is 6.60. The van der Waals surface area contributed by atoms with Crippen LogP contribution in [0, 0.1) is 0 Å². The first kappa shape index (κ1) is 16.6. The minimum Gasteiger partial charge on any atom is -0.325 e. The van der Waals surface area contributed by atoms with Gasteiger partial charge >= 0.3 is 0 Å². The van der Waals surface area contributed by atoms with Gasteiger partial charge in [-0.05, 0) is 50.2 Å². The third-order valence-corrected chi connectivity index (χ3v) is 4.69. The van der Waals surface area contributed by atoms with Gasteiger partial charge in [-0.3, -0.25) is 9.59 Å². The van der Waals surface area contributed by atoms with E-state index < -0.39 is 0 Å². The number of benzene rings is 2. The summed E-state index contributed by atoms with van der Waals surface area (Å²) in [4.78, 5) is 24.3. The summed E-state index contributed by atoms with van der Waals surface area (Å²) in [5, 5.41) is 3.19. The van der Waals surface area contributed by atoms with Gasteiger partial charge in [0.15, 0.2) is 5.78 Å². The molecule has 0 aliphatic heterocycles. The van der Waals surface area contributed by atoms with E-state index in [9.17, 15) is 9.59 Å². The molecule has 0 bridgehead atoms. The quantitative estimate of drug-likeness (QED) is 0.639.